The van der Waals surface area contributed by atoms with Crippen molar-refractivity contribution in [1.82, 2.24) is 9.78 Å². The van der Waals surface area contributed by atoms with Crippen LogP contribution in [0.15, 0.2) is 30.6 Å². The molecule has 0 spiro atoms. The van der Waals surface area contributed by atoms with Gasteiger partial charge >= 0.3 is 0 Å². The summed E-state index contributed by atoms with van der Waals surface area (Å²) in [5.41, 5.74) is 0.734. The van der Waals surface area contributed by atoms with Gasteiger partial charge in [0.1, 0.15) is 0 Å². The summed E-state index contributed by atoms with van der Waals surface area (Å²) in [5, 5.41) is 13.8. The largest absolute Gasteiger partial charge is 0.388 e. The number of nitrogens with zero attached hydrogens (tertiary/aromatic N) is 2. The van der Waals surface area contributed by atoms with Gasteiger partial charge in [0.25, 0.3) is 0 Å². The van der Waals surface area contributed by atoms with Crippen LogP contribution in [-0.2, 0) is 13.5 Å². The van der Waals surface area contributed by atoms with Crippen molar-refractivity contribution < 1.29 is 13.9 Å². The number of benzene rings is 1. The molecule has 0 saturated heterocycles. The van der Waals surface area contributed by atoms with Gasteiger partial charge in [-0.2, -0.15) is 5.10 Å². The first-order valence-electron chi connectivity index (χ1n) is 5.17. The average molecular weight is 238 g/mol. The fourth-order valence-corrected chi connectivity index (χ4v) is 1.64. The lowest BCUT2D eigenvalue weighted by atomic mass is 10.0. The number of aryl methyl sites for hydroxylation is 1. The molecule has 1 N–H and O–H groups in total. The number of aliphatic hydroxyl groups is 1. The van der Waals surface area contributed by atoms with Crippen LogP contribution in [0, 0.1) is 11.6 Å². The molecule has 1 aromatic heterocycles. The maximum absolute atomic E-state index is 13.4. The van der Waals surface area contributed by atoms with E-state index in [9.17, 15) is 13.9 Å². The van der Waals surface area contributed by atoms with E-state index < -0.39 is 17.7 Å². The summed E-state index contributed by atoms with van der Waals surface area (Å²) in [6, 6.07) is 3.93. The van der Waals surface area contributed by atoms with E-state index in [-0.39, 0.29) is 12.0 Å². The van der Waals surface area contributed by atoms with E-state index in [1.54, 1.807) is 17.9 Å². The van der Waals surface area contributed by atoms with E-state index in [1.165, 1.54) is 18.3 Å². The van der Waals surface area contributed by atoms with Gasteiger partial charge in [-0.1, -0.05) is 12.1 Å². The molecule has 90 valence electrons. The Kier molecular flexibility index (Phi) is 3.19. The SMILES string of the molecule is Cn1cc(C(O)Cc2cccc(F)c2F)cn1. The van der Waals surface area contributed by atoms with Gasteiger partial charge in [0.2, 0.25) is 0 Å². The minimum Gasteiger partial charge on any atom is -0.388 e. The second-order valence-electron chi connectivity index (χ2n) is 3.88. The molecule has 0 aliphatic rings. The van der Waals surface area contributed by atoms with Gasteiger partial charge < -0.3 is 5.11 Å². The zero-order valence-corrected chi connectivity index (χ0v) is 9.27. The Morgan fingerprint density at radius 1 is 1.41 bits per heavy atom. The predicted molar refractivity (Wildman–Crippen MR) is 58.2 cm³/mol. The van der Waals surface area contributed by atoms with Gasteiger partial charge in [-0.15, -0.1) is 0 Å². The van der Waals surface area contributed by atoms with Gasteiger partial charge in [0.15, 0.2) is 11.6 Å². The number of rotatable bonds is 3. The number of aliphatic hydroxyl groups excluding tert-OH is 1. The lowest BCUT2D eigenvalue weighted by Crippen LogP contribution is -2.04. The van der Waals surface area contributed by atoms with Gasteiger partial charge in [0, 0.05) is 25.2 Å². The van der Waals surface area contributed by atoms with Crippen molar-refractivity contribution in [3.63, 3.8) is 0 Å². The topological polar surface area (TPSA) is 38.0 Å². The lowest BCUT2D eigenvalue weighted by Gasteiger charge is -2.09. The molecule has 1 heterocycles. The molecule has 0 bridgehead atoms. The van der Waals surface area contributed by atoms with Crippen molar-refractivity contribution >= 4 is 0 Å². The molecule has 3 nitrogen and oxygen atoms in total. The molecule has 0 amide bonds. The molecule has 2 rings (SSSR count). The highest BCUT2D eigenvalue weighted by Gasteiger charge is 2.15. The van der Waals surface area contributed by atoms with E-state index >= 15 is 0 Å². The summed E-state index contributed by atoms with van der Waals surface area (Å²) in [4.78, 5) is 0. The first-order chi connectivity index (χ1) is 8.08. The molecule has 0 aliphatic carbocycles. The van der Waals surface area contributed by atoms with Crippen LogP contribution in [0.25, 0.3) is 0 Å². The minimum atomic E-state index is -0.907. The van der Waals surface area contributed by atoms with Gasteiger partial charge in [-0.05, 0) is 11.6 Å². The van der Waals surface area contributed by atoms with Gasteiger partial charge in [-0.3, -0.25) is 4.68 Å². The fraction of sp³-hybridized carbons (Fsp3) is 0.250. The van der Waals surface area contributed by atoms with Gasteiger partial charge in [0.05, 0.1) is 12.3 Å². The summed E-state index contributed by atoms with van der Waals surface area (Å²) in [7, 11) is 1.72. The standard InChI is InChI=1S/C12H12F2N2O/c1-16-7-9(6-15-16)11(17)5-8-3-2-4-10(13)12(8)14/h2-4,6-7,11,17H,5H2,1H3. The number of hydrogen-bond donors (Lipinski definition) is 1. The Morgan fingerprint density at radius 3 is 2.82 bits per heavy atom. The molecular formula is C12H12F2N2O. The van der Waals surface area contributed by atoms with Crippen molar-refractivity contribution in [3.05, 3.63) is 53.4 Å². The van der Waals surface area contributed by atoms with E-state index in [1.807, 2.05) is 0 Å². The second-order valence-corrected chi connectivity index (χ2v) is 3.88. The number of halogens is 2. The zero-order valence-electron chi connectivity index (χ0n) is 9.27. The Labute approximate surface area is 97.3 Å². The van der Waals surface area contributed by atoms with E-state index in [0.717, 1.165) is 6.07 Å². The lowest BCUT2D eigenvalue weighted by molar-refractivity contribution is 0.176. The van der Waals surface area contributed by atoms with Gasteiger partial charge in [-0.25, -0.2) is 8.78 Å². The summed E-state index contributed by atoms with van der Waals surface area (Å²) >= 11 is 0. The zero-order chi connectivity index (χ0) is 12.4. The third-order valence-electron chi connectivity index (χ3n) is 2.55. The normalized spacial score (nSPS) is 12.7. The third-order valence-corrected chi connectivity index (χ3v) is 2.55. The molecule has 0 aliphatic heterocycles. The van der Waals surface area contributed by atoms with Crippen LogP contribution < -0.4 is 0 Å². The molecular weight excluding hydrogens is 226 g/mol. The van der Waals surface area contributed by atoms with Crippen LogP contribution in [-0.4, -0.2) is 14.9 Å². The summed E-state index contributed by atoms with van der Waals surface area (Å²) in [6.07, 6.45) is 2.28. The van der Waals surface area contributed by atoms with Crippen LogP contribution in [0.2, 0.25) is 0 Å². The van der Waals surface area contributed by atoms with Crippen LogP contribution in [0.3, 0.4) is 0 Å². The highest BCUT2D eigenvalue weighted by atomic mass is 19.2. The van der Waals surface area contributed by atoms with Crippen LogP contribution in [0.4, 0.5) is 8.78 Å². The van der Waals surface area contributed by atoms with Crippen molar-refractivity contribution in [2.24, 2.45) is 7.05 Å². The molecule has 1 unspecified atom stereocenters. The molecule has 17 heavy (non-hydrogen) atoms. The summed E-state index contributed by atoms with van der Waals surface area (Å²) in [5.74, 6) is -1.81. The van der Waals surface area contributed by atoms with E-state index in [2.05, 4.69) is 5.10 Å². The molecule has 2 aromatic rings. The number of hydrogen-bond acceptors (Lipinski definition) is 2. The monoisotopic (exact) mass is 238 g/mol. The molecule has 5 heteroatoms. The quantitative estimate of drug-likeness (QED) is 0.887. The van der Waals surface area contributed by atoms with Crippen LogP contribution >= 0.6 is 0 Å². The smallest absolute Gasteiger partial charge is 0.162 e. The Morgan fingerprint density at radius 2 is 2.18 bits per heavy atom. The van der Waals surface area contributed by atoms with Crippen molar-refractivity contribution in [2.75, 3.05) is 0 Å². The number of aromatic nitrogens is 2. The summed E-state index contributed by atoms with van der Waals surface area (Å²) < 4.78 is 27.9. The first kappa shape index (κ1) is 11.7. The molecule has 0 radical (unpaired) electrons. The molecule has 0 fully saturated rings. The Bertz CT molecular complexity index is 525. The van der Waals surface area contributed by atoms with Crippen molar-refractivity contribution in [1.29, 1.82) is 0 Å². The highest BCUT2D eigenvalue weighted by Crippen LogP contribution is 2.20. The second kappa shape index (κ2) is 4.63. The van der Waals surface area contributed by atoms with Crippen LogP contribution in [0.1, 0.15) is 17.2 Å². The Balaban J connectivity index is 2.18. The van der Waals surface area contributed by atoms with E-state index in [0.29, 0.717) is 5.56 Å². The molecule has 0 saturated carbocycles. The van der Waals surface area contributed by atoms with Crippen molar-refractivity contribution in [3.8, 4) is 0 Å². The van der Waals surface area contributed by atoms with Crippen LogP contribution in [0.5, 0.6) is 0 Å². The molecule has 1 atom stereocenters. The maximum atomic E-state index is 13.4. The minimum absolute atomic E-state index is 0.0231. The average Bonchev–Trinajstić information content (AvgIpc) is 2.72. The van der Waals surface area contributed by atoms with Crippen molar-refractivity contribution in [2.45, 2.75) is 12.5 Å². The molecule has 1 aromatic carbocycles. The maximum Gasteiger partial charge on any atom is 0.162 e. The van der Waals surface area contributed by atoms with E-state index in [4.69, 9.17) is 0 Å². The fourth-order valence-electron chi connectivity index (χ4n) is 1.64. The Hall–Kier alpha value is -1.75. The summed E-state index contributed by atoms with van der Waals surface area (Å²) in [6.45, 7) is 0. The highest BCUT2D eigenvalue weighted by molar-refractivity contribution is 5.22. The predicted octanol–water partition coefficient (Wildman–Crippen LogP) is 1.97. The third kappa shape index (κ3) is 2.50. The first-order valence-corrected chi connectivity index (χ1v) is 5.17.